The van der Waals surface area contributed by atoms with Gasteiger partial charge in [0.05, 0.1) is 0 Å². The number of benzene rings is 14. The number of hydrogen-bond acceptors (Lipinski definition) is 17. The lowest BCUT2D eigenvalue weighted by Crippen LogP contribution is -2.32. The number of anilines is 6. The molecule has 0 atom stereocenters. The summed E-state index contributed by atoms with van der Waals surface area (Å²) < 4.78 is 47.9. The molecule has 0 radical (unpaired) electrons. The molecule has 14 aromatic rings. The Morgan fingerprint density at radius 2 is 0.429 bits per heavy atom. The molecule has 14 aromatic carbocycles. The third kappa shape index (κ3) is 18.7. The van der Waals surface area contributed by atoms with Gasteiger partial charge in [0, 0.05) is 152 Å². The van der Waals surface area contributed by atoms with Crippen LogP contribution in [0.15, 0.2) is 337 Å². The molecule has 8 aliphatic heterocycles. The second-order valence-corrected chi connectivity index (χ2v) is 35.8. The summed E-state index contributed by atoms with van der Waals surface area (Å²) in [4.78, 5) is 20.4. The van der Waals surface area contributed by atoms with Gasteiger partial charge in [-0.25, -0.2) is 0 Å². The van der Waals surface area contributed by atoms with Crippen LogP contribution in [0.5, 0.6) is 46.0 Å². The Balaban J connectivity index is 0.000000110. The zero-order chi connectivity index (χ0) is 85.5. The van der Waals surface area contributed by atoms with Gasteiger partial charge in [-0.2, -0.15) is 0 Å². The maximum Gasteiger partial charge on any atom is 0.161 e. The molecule has 126 heavy (non-hydrogen) atoms. The average Bonchev–Trinajstić information content (AvgIpc) is 0.773. The molecule has 8 heterocycles. The molecular formula is C109H106N8O8S. The summed E-state index contributed by atoms with van der Waals surface area (Å²) in [6.07, 6.45) is 0.886. The molecule has 0 unspecified atom stereocenters. The van der Waals surface area contributed by atoms with Crippen molar-refractivity contribution < 1.29 is 37.9 Å². The van der Waals surface area contributed by atoms with Crippen LogP contribution in [-0.2, 0) is 69.6 Å². The highest BCUT2D eigenvalue weighted by molar-refractivity contribution is 7.99. The number of ether oxygens (including phenoxy) is 8. The number of fused-ring (bicyclic) bond motifs is 8. The fourth-order valence-electron chi connectivity index (χ4n) is 17.7. The lowest BCUT2D eigenvalue weighted by atomic mass is 9.77. The first-order valence-corrected chi connectivity index (χ1v) is 44.4. The molecule has 0 spiro atoms. The largest absolute Gasteiger partial charge is 0.478 e. The van der Waals surface area contributed by atoms with E-state index in [-0.39, 0.29) is 10.8 Å². The molecule has 0 aliphatic carbocycles. The summed E-state index contributed by atoms with van der Waals surface area (Å²) >= 11 is 1.78. The minimum atomic E-state index is -0.159. The maximum absolute atomic E-state index is 6.10. The Morgan fingerprint density at radius 1 is 0.222 bits per heavy atom. The first kappa shape index (κ1) is 82.2. The average molecular weight is 1690 g/mol. The van der Waals surface area contributed by atoms with Gasteiger partial charge in [0.1, 0.15) is 59.5 Å². The molecule has 0 N–H and O–H groups in total. The topological polar surface area (TPSA) is 99.8 Å². The van der Waals surface area contributed by atoms with Crippen LogP contribution in [0.1, 0.15) is 106 Å². The molecule has 0 saturated heterocycles. The number of rotatable bonds is 14. The Kier molecular flexibility index (Phi) is 24.0. The van der Waals surface area contributed by atoms with Crippen LogP contribution < -0.4 is 67.3 Å². The third-order valence-electron chi connectivity index (χ3n) is 25.0. The molecular weight excluding hydrogens is 1580 g/mol. The van der Waals surface area contributed by atoms with Gasteiger partial charge >= 0.3 is 0 Å². The van der Waals surface area contributed by atoms with Gasteiger partial charge in [0.25, 0.3) is 0 Å². The highest BCUT2D eigenvalue weighted by Crippen LogP contribution is 2.44. The molecule has 16 nitrogen and oxygen atoms in total. The molecule has 0 aromatic heterocycles. The zero-order valence-corrected chi connectivity index (χ0v) is 73.3. The van der Waals surface area contributed by atoms with Gasteiger partial charge < -0.3 is 67.3 Å². The lowest BCUT2D eigenvalue weighted by Gasteiger charge is -2.34. The zero-order valence-electron chi connectivity index (χ0n) is 72.4. The molecule has 636 valence electrons. The van der Waals surface area contributed by atoms with Crippen molar-refractivity contribution in [1.82, 2.24) is 9.80 Å². The van der Waals surface area contributed by atoms with E-state index in [4.69, 9.17) is 37.9 Å². The molecule has 0 saturated carbocycles. The van der Waals surface area contributed by atoms with Crippen LogP contribution in [0.2, 0.25) is 0 Å². The SMILES string of the molecule is CC(C)(c1ccc2c(c1)CN(c1ccccc1)CO2)c1ccc2c(c1)CN(c1ccccc1)CO2.CN1COc2ccc(C(C)(C)c3ccc4c(c3)CN(C)CO4)cc2C1.c1ccc(N2COc3ccc(Cc4ccc5c(c4)CN(c4ccccc4)CO5)cc3C2)cc1.c1ccc(N2COc3ccc(Sc4ccc5c(c4)CN(c4ccccc4)CO5)cc3C2)cc1. The van der Waals surface area contributed by atoms with Crippen molar-refractivity contribution in [3.63, 3.8) is 0 Å². The van der Waals surface area contributed by atoms with Gasteiger partial charge in [0.2, 0.25) is 0 Å². The van der Waals surface area contributed by atoms with Crippen molar-refractivity contribution in [2.24, 2.45) is 0 Å². The summed E-state index contributed by atoms with van der Waals surface area (Å²) in [5, 5.41) is 0. The molecule has 17 heteroatoms. The highest BCUT2D eigenvalue weighted by atomic mass is 32.2. The summed E-state index contributed by atoms with van der Waals surface area (Å²) in [6, 6.07) is 115. The summed E-state index contributed by atoms with van der Waals surface area (Å²) in [6.45, 7) is 20.9. The predicted octanol–water partition coefficient (Wildman–Crippen LogP) is 22.8. The van der Waals surface area contributed by atoms with Crippen molar-refractivity contribution in [3.8, 4) is 46.0 Å². The van der Waals surface area contributed by atoms with Gasteiger partial charge in [-0.05, 0) is 236 Å². The van der Waals surface area contributed by atoms with Crippen molar-refractivity contribution in [2.75, 3.05) is 97.3 Å². The standard InChI is InChI=1S/C31H30N2O2.C29H26N2O2.C28H24N2O2S.C21H26N2O2/c1-31(2,25-13-15-29-23(17-25)19-32(21-34-29)27-9-5-3-6-10-27)26-14-16-30-24(18-26)20-33(22-35-30)28-11-7-4-8-12-28;1-3-7-26(8-4-1)30-18-24-16-22(11-13-28(24)32-20-30)15-23-12-14-29-25(17-23)19-31(21-33-29)27-9-5-2-6-10-27;1-3-7-23(8-4-1)29-17-21-15-25(11-13-27(21)31-19-29)33-26-12-14-28-22(16-26)18-30(20-32-28)24-9-5-2-6-10-24;1-21(2,17-5-7-19-15(9-17)11-22(3)13-24-19)18-6-8-20-16(10-18)12-23(4)14-25-20/h3-18H,19-22H2,1-2H3;1-14,16-17H,15,18-21H2;1-16H,17-20H2;5-10H,11-14H2,1-4H3. The predicted molar refractivity (Wildman–Crippen MR) is 505 cm³/mol. The van der Waals surface area contributed by atoms with Crippen molar-refractivity contribution in [2.45, 2.75) is 107 Å². The molecule has 22 rings (SSSR count). The number of hydrogen-bond donors (Lipinski definition) is 0. The monoisotopic (exact) mass is 1690 g/mol. The Labute approximate surface area is 744 Å². The van der Waals surface area contributed by atoms with Gasteiger partial charge in [-0.1, -0.05) is 185 Å². The smallest absolute Gasteiger partial charge is 0.161 e. The highest BCUT2D eigenvalue weighted by Gasteiger charge is 2.32. The van der Waals surface area contributed by atoms with Crippen LogP contribution in [0, 0.1) is 0 Å². The Hall–Kier alpha value is -13.5. The normalized spacial score (nSPS) is 15.4. The van der Waals surface area contributed by atoms with Crippen LogP contribution in [0.4, 0.5) is 34.1 Å². The van der Waals surface area contributed by atoms with Gasteiger partial charge in [-0.3, -0.25) is 9.80 Å². The number of nitrogens with zero attached hydrogens (tertiary/aromatic N) is 8. The van der Waals surface area contributed by atoms with E-state index < -0.39 is 0 Å². The van der Waals surface area contributed by atoms with Crippen molar-refractivity contribution >= 4 is 45.9 Å². The van der Waals surface area contributed by atoms with E-state index in [9.17, 15) is 0 Å². The fourth-order valence-corrected chi connectivity index (χ4v) is 18.6. The van der Waals surface area contributed by atoms with Crippen LogP contribution in [-0.4, -0.2) is 77.7 Å². The van der Waals surface area contributed by atoms with Crippen LogP contribution in [0.3, 0.4) is 0 Å². The third-order valence-corrected chi connectivity index (χ3v) is 26.0. The summed E-state index contributed by atoms with van der Waals surface area (Å²) in [5.41, 5.74) is 24.5. The summed E-state index contributed by atoms with van der Waals surface area (Å²) in [7, 11) is 4.17. The quantitative estimate of drug-likeness (QED) is 0.103. The minimum absolute atomic E-state index is 0.0733. The Morgan fingerprint density at radius 3 is 0.683 bits per heavy atom. The fraction of sp³-hybridized carbons (Fsp3) is 0.229. The van der Waals surface area contributed by atoms with Crippen molar-refractivity contribution in [3.05, 3.63) is 405 Å². The van der Waals surface area contributed by atoms with Crippen molar-refractivity contribution in [1.29, 1.82) is 0 Å². The lowest BCUT2D eigenvalue weighted by molar-refractivity contribution is 0.121. The molecule has 8 aliphatic rings. The number of para-hydroxylation sites is 6. The van der Waals surface area contributed by atoms with E-state index in [0.29, 0.717) is 53.8 Å². The van der Waals surface area contributed by atoms with Gasteiger partial charge in [-0.15, -0.1) is 0 Å². The van der Waals surface area contributed by atoms with Crippen LogP contribution in [0.25, 0.3) is 0 Å². The van der Waals surface area contributed by atoms with E-state index in [1.807, 2.05) is 36.4 Å². The second-order valence-electron chi connectivity index (χ2n) is 34.7. The second kappa shape index (κ2) is 36.8. The maximum atomic E-state index is 6.10. The van der Waals surface area contributed by atoms with E-state index in [1.54, 1.807) is 11.8 Å². The summed E-state index contributed by atoms with van der Waals surface area (Å²) in [5.74, 6) is 7.92. The molecule has 0 amide bonds. The minimum Gasteiger partial charge on any atom is -0.478 e. The Bertz CT molecular complexity index is 5570. The molecule has 0 bridgehead atoms. The van der Waals surface area contributed by atoms with Gasteiger partial charge in [0.15, 0.2) is 40.4 Å². The van der Waals surface area contributed by atoms with E-state index in [2.05, 4.69) is 372 Å². The van der Waals surface area contributed by atoms with E-state index in [1.165, 1.54) is 122 Å². The first-order chi connectivity index (χ1) is 61.6. The van der Waals surface area contributed by atoms with E-state index in [0.717, 1.165) is 105 Å². The van der Waals surface area contributed by atoms with Crippen LogP contribution >= 0.6 is 11.8 Å². The van der Waals surface area contributed by atoms with E-state index >= 15 is 0 Å². The first-order valence-electron chi connectivity index (χ1n) is 43.6. The molecule has 0 fully saturated rings.